The minimum Gasteiger partial charge on any atom is -0.368 e. The largest absolute Gasteiger partial charge is 0.368 e. The van der Waals surface area contributed by atoms with Crippen LogP contribution in [0.1, 0.15) is 11.1 Å². The SMILES string of the molecule is Cc1ccc(NC(=O)NCCNc2cc(-n3cccc3)ncn2)c(C)c1. The summed E-state index contributed by atoms with van der Waals surface area (Å²) in [5.74, 6) is 1.49. The maximum absolute atomic E-state index is 12.0. The smallest absolute Gasteiger partial charge is 0.319 e. The van der Waals surface area contributed by atoms with Crippen molar-refractivity contribution in [2.45, 2.75) is 13.8 Å². The zero-order valence-electron chi connectivity index (χ0n) is 14.9. The molecule has 0 aliphatic rings. The number of aromatic nitrogens is 3. The highest BCUT2D eigenvalue weighted by Crippen LogP contribution is 2.15. The van der Waals surface area contributed by atoms with Gasteiger partial charge in [-0.1, -0.05) is 17.7 Å². The second-order valence-corrected chi connectivity index (χ2v) is 5.98. The monoisotopic (exact) mass is 350 g/mol. The Balaban J connectivity index is 1.45. The van der Waals surface area contributed by atoms with Gasteiger partial charge in [0.15, 0.2) is 0 Å². The van der Waals surface area contributed by atoms with Crippen molar-refractivity contribution in [3.63, 3.8) is 0 Å². The van der Waals surface area contributed by atoms with E-state index in [0.717, 1.165) is 17.1 Å². The second kappa shape index (κ2) is 8.15. The summed E-state index contributed by atoms with van der Waals surface area (Å²) in [6, 6.07) is 11.4. The molecular weight excluding hydrogens is 328 g/mol. The Morgan fingerprint density at radius 1 is 1.08 bits per heavy atom. The molecular formula is C19H22N6O. The number of benzene rings is 1. The second-order valence-electron chi connectivity index (χ2n) is 5.98. The van der Waals surface area contributed by atoms with Gasteiger partial charge in [-0.05, 0) is 37.6 Å². The number of amides is 2. The molecule has 26 heavy (non-hydrogen) atoms. The molecule has 0 bridgehead atoms. The molecule has 0 aliphatic heterocycles. The van der Waals surface area contributed by atoms with Crippen LogP contribution in [0.15, 0.2) is 55.1 Å². The van der Waals surface area contributed by atoms with Crippen LogP contribution in [-0.2, 0) is 0 Å². The van der Waals surface area contributed by atoms with Gasteiger partial charge in [-0.15, -0.1) is 0 Å². The van der Waals surface area contributed by atoms with Crippen LogP contribution in [0.5, 0.6) is 0 Å². The number of nitrogens with one attached hydrogen (secondary N) is 3. The highest BCUT2D eigenvalue weighted by atomic mass is 16.2. The number of anilines is 2. The molecule has 134 valence electrons. The predicted molar refractivity (Wildman–Crippen MR) is 103 cm³/mol. The zero-order valence-corrected chi connectivity index (χ0v) is 14.9. The summed E-state index contributed by atoms with van der Waals surface area (Å²) in [5, 5.41) is 8.86. The van der Waals surface area contributed by atoms with E-state index in [1.165, 1.54) is 11.9 Å². The molecule has 0 radical (unpaired) electrons. The molecule has 3 rings (SSSR count). The van der Waals surface area contributed by atoms with Gasteiger partial charge in [0.05, 0.1) is 0 Å². The van der Waals surface area contributed by atoms with Gasteiger partial charge in [-0.25, -0.2) is 14.8 Å². The van der Waals surface area contributed by atoms with Crippen molar-refractivity contribution in [1.82, 2.24) is 19.9 Å². The first kappa shape index (κ1) is 17.5. The summed E-state index contributed by atoms with van der Waals surface area (Å²) in [6.45, 7) is 5.03. The molecule has 0 atom stereocenters. The van der Waals surface area contributed by atoms with Gasteiger partial charge in [0.1, 0.15) is 18.0 Å². The lowest BCUT2D eigenvalue weighted by molar-refractivity contribution is 0.252. The van der Waals surface area contributed by atoms with Gasteiger partial charge < -0.3 is 20.5 Å². The molecule has 0 fully saturated rings. The molecule has 2 aromatic heterocycles. The van der Waals surface area contributed by atoms with E-state index < -0.39 is 0 Å². The topological polar surface area (TPSA) is 83.9 Å². The Morgan fingerprint density at radius 2 is 1.88 bits per heavy atom. The molecule has 0 aliphatic carbocycles. The molecule has 0 saturated heterocycles. The number of hydrogen-bond acceptors (Lipinski definition) is 4. The molecule has 1 aromatic carbocycles. The first-order chi connectivity index (χ1) is 12.6. The van der Waals surface area contributed by atoms with Crippen molar-refractivity contribution < 1.29 is 4.79 Å². The summed E-state index contributed by atoms with van der Waals surface area (Å²) in [6.07, 6.45) is 5.36. The van der Waals surface area contributed by atoms with Crippen LogP contribution >= 0.6 is 0 Å². The van der Waals surface area contributed by atoms with Crippen molar-refractivity contribution in [2.75, 3.05) is 23.7 Å². The number of urea groups is 1. The van der Waals surface area contributed by atoms with Gasteiger partial charge in [0, 0.05) is 37.2 Å². The van der Waals surface area contributed by atoms with Gasteiger partial charge in [0.2, 0.25) is 0 Å². The quantitative estimate of drug-likeness (QED) is 0.597. The summed E-state index contributed by atoms with van der Waals surface area (Å²) in [5.41, 5.74) is 3.02. The molecule has 3 N–H and O–H groups in total. The summed E-state index contributed by atoms with van der Waals surface area (Å²) >= 11 is 0. The number of nitrogens with zero attached hydrogens (tertiary/aromatic N) is 3. The molecule has 0 unspecified atom stereocenters. The van der Waals surface area contributed by atoms with Crippen LogP contribution in [0.25, 0.3) is 5.82 Å². The fraction of sp³-hybridized carbons (Fsp3) is 0.211. The Morgan fingerprint density at radius 3 is 2.65 bits per heavy atom. The van der Waals surface area contributed by atoms with Crippen molar-refractivity contribution in [3.05, 3.63) is 66.2 Å². The van der Waals surface area contributed by atoms with Crippen LogP contribution in [0.3, 0.4) is 0 Å². The summed E-state index contributed by atoms with van der Waals surface area (Å²) < 4.78 is 1.91. The van der Waals surface area contributed by atoms with Gasteiger partial charge in [-0.3, -0.25) is 0 Å². The van der Waals surface area contributed by atoms with Crippen LogP contribution < -0.4 is 16.0 Å². The number of carbonyl (C=O) groups excluding carboxylic acids is 1. The first-order valence-corrected chi connectivity index (χ1v) is 8.43. The fourth-order valence-electron chi connectivity index (χ4n) is 2.56. The van der Waals surface area contributed by atoms with E-state index in [1.807, 2.05) is 67.2 Å². The van der Waals surface area contributed by atoms with Gasteiger partial charge >= 0.3 is 6.03 Å². The molecule has 0 saturated carbocycles. The van der Waals surface area contributed by atoms with Crippen LogP contribution in [0.4, 0.5) is 16.3 Å². The first-order valence-electron chi connectivity index (χ1n) is 8.43. The van der Waals surface area contributed by atoms with Crippen molar-refractivity contribution in [3.8, 4) is 5.82 Å². The summed E-state index contributed by atoms with van der Waals surface area (Å²) in [7, 11) is 0. The van der Waals surface area contributed by atoms with Crippen LogP contribution in [0.2, 0.25) is 0 Å². The molecule has 7 nitrogen and oxygen atoms in total. The highest BCUT2D eigenvalue weighted by molar-refractivity contribution is 5.90. The average Bonchev–Trinajstić information content (AvgIpc) is 3.16. The number of rotatable bonds is 6. The highest BCUT2D eigenvalue weighted by Gasteiger charge is 2.04. The van der Waals surface area contributed by atoms with E-state index in [4.69, 9.17) is 0 Å². The van der Waals surface area contributed by atoms with Crippen molar-refractivity contribution in [1.29, 1.82) is 0 Å². The lowest BCUT2D eigenvalue weighted by Gasteiger charge is -2.11. The number of carbonyl (C=O) groups is 1. The van der Waals surface area contributed by atoms with Gasteiger partial charge in [0.25, 0.3) is 0 Å². The number of aryl methyl sites for hydroxylation is 2. The van der Waals surface area contributed by atoms with E-state index in [-0.39, 0.29) is 6.03 Å². The standard InChI is InChI=1S/C19H22N6O/c1-14-5-6-16(15(2)11-14)24-19(26)21-8-7-20-17-12-18(23-13-22-17)25-9-3-4-10-25/h3-6,9-13H,7-8H2,1-2H3,(H,20,22,23)(H2,21,24,26). The van der Waals surface area contributed by atoms with E-state index in [9.17, 15) is 4.79 Å². The maximum atomic E-state index is 12.0. The molecule has 2 amide bonds. The van der Waals surface area contributed by atoms with Crippen LogP contribution in [0, 0.1) is 13.8 Å². The van der Waals surface area contributed by atoms with Crippen molar-refractivity contribution >= 4 is 17.5 Å². The van der Waals surface area contributed by atoms with E-state index >= 15 is 0 Å². The molecule has 0 spiro atoms. The molecule has 3 aromatic rings. The normalized spacial score (nSPS) is 10.4. The lowest BCUT2D eigenvalue weighted by Crippen LogP contribution is -2.33. The van der Waals surface area contributed by atoms with Crippen molar-refractivity contribution in [2.24, 2.45) is 0 Å². The predicted octanol–water partition coefficient (Wildman–Crippen LogP) is 3.12. The maximum Gasteiger partial charge on any atom is 0.319 e. The molecule has 7 heteroatoms. The third kappa shape index (κ3) is 4.60. The van der Waals surface area contributed by atoms with E-state index in [2.05, 4.69) is 25.9 Å². The average molecular weight is 350 g/mol. The van der Waals surface area contributed by atoms with Crippen LogP contribution in [-0.4, -0.2) is 33.7 Å². The lowest BCUT2D eigenvalue weighted by atomic mass is 10.1. The Labute approximate surface area is 152 Å². The Kier molecular flexibility index (Phi) is 5.48. The Bertz CT molecular complexity index is 875. The third-order valence-electron chi connectivity index (χ3n) is 3.87. The third-order valence-corrected chi connectivity index (χ3v) is 3.87. The minimum atomic E-state index is -0.227. The summed E-state index contributed by atoms with van der Waals surface area (Å²) in [4.78, 5) is 20.4. The van der Waals surface area contributed by atoms with Gasteiger partial charge in [-0.2, -0.15) is 0 Å². The zero-order chi connectivity index (χ0) is 18.4. The number of hydrogen-bond donors (Lipinski definition) is 3. The molecule has 2 heterocycles. The van der Waals surface area contributed by atoms with E-state index in [1.54, 1.807) is 0 Å². The van der Waals surface area contributed by atoms with E-state index in [0.29, 0.717) is 18.9 Å². The minimum absolute atomic E-state index is 0.227. The Hall–Kier alpha value is -3.35. The fourth-order valence-corrected chi connectivity index (χ4v) is 2.56.